The molecule has 1 aromatic heterocycles. The molecule has 0 unspecified atom stereocenters. The highest BCUT2D eigenvalue weighted by Gasteiger charge is 2.17. The third kappa shape index (κ3) is 3.43. The number of esters is 1. The van der Waals surface area contributed by atoms with Crippen molar-refractivity contribution in [2.75, 3.05) is 18.6 Å². The number of hydrogen-bond acceptors (Lipinski definition) is 6. The van der Waals surface area contributed by atoms with Crippen LogP contribution in [-0.4, -0.2) is 30.6 Å². The van der Waals surface area contributed by atoms with Gasteiger partial charge in [0, 0.05) is 12.6 Å². The minimum absolute atomic E-state index is 0.236. The first-order valence-corrected chi connectivity index (χ1v) is 6.09. The van der Waals surface area contributed by atoms with E-state index in [4.69, 9.17) is 5.26 Å². The number of ether oxygens (including phenoxy) is 1. The lowest BCUT2D eigenvalue weighted by Gasteiger charge is -2.24. The zero-order valence-corrected chi connectivity index (χ0v) is 11.0. The fraction of sp³-hybridized carbons (Fsp3) is 0.545. The second-order valence-corrected chi connectivity index (χ2v) is 4.70. The summed E-state index contributed by atoms with van der Waals surface area (Å²) in [6, 6.07) is 2.34. The Hall–Kier alpha value is -1.61. The number of carbonyl (C=O) groups excluding carboxylic acids is 1. The van der Waals surface area contributed by atoms with Gasteiger partial charge in [0.15, 0.2) is 5.13 Å². The summed E-state index contributed by atoms with van der Waals surface area (Å²) >= 11 is 1.28. The lowest BCUT2D eigenvalue weighted by molar-refractivity contribution is 0.0606. The molecule has 0 radical (unpaired) electrons. The quantitative estimate of drug-likeness (QED) is 0.751. The van der Waals surface area contributed by atoms with Crippen molar-refractivity contribution in [2.24, 2.45) is 0 Å². The van der Waals surface area contributed by atoms with Gasteiger partial charge in [-0.05, 0) is 13.8 Å². The maximum Gasteiger partial charge on any atom is 0.349 e. The van der Waals surface area contributed by atoms with Crippen LogP contribution in [0.25, 0.3) is 0 Å². The molecule has 0 aliphatic carbocycles. The molecule has 17 heavy (non-hydrogen) atoms. The van der Waals surface area contributed by atoms with Crippen molar-refractivity contribution >= 4 is 22.4 Å². The molecule has 0 atom stereocenters. The monoisotopic (exact) mass is 253 g/mol. The molecule has 0 amide bonds. The Kier molecular flexibility index (Phi) is 4.91. The molecule has 0 aliphatic rings. The summed E-state index contributed by atoms with van der Waals surface area (Å²) in [5.41, 5.74) is 0. The Morgan fingerprint density at radius 1 is 1.71 bits per heavy atom. The molecular formula is C11H15N3O2S. The number of nitrogens with zero attached hydrogens (tertiary/aromatic N) is 3. The van der Waals surface area contributed by atoms with Crippen LogP contribution in [0.15, 0.2) is 6.20 Å². The van der Waals surface area contributed by atoms with E-state index in [1.165, 1.54) is 24.6 Å². The van der Waals surface area contributed by atoms with Crippen molar-refractivity contribution in [1.82, 2.24) is 4.98 Å². The van der Waals surface area contributed by atoms with Crippen LogP contribution < -0.4 is 4.90 Å². The number of nitriles is 1. The Morgan fingerprint density at radius 3 is 2.94 bits per heavy atom. The highest BCUT2D eigenvalue weighted by atomic mass is 32.1. The molecule has 1 rings (SSSR count). The first-order chi connectivity index (χ1) is 8.10. The summed E-state index contributed by atoms with van der Waals surface area (Å²) in [7, 11) is 1.34. The van der Waals surface area contributed by atoms with Gasteiger partial charge in [-0.1, -0.05) is 11.3 Å². The lowest BCUT2D eigenvalue weighted by Crippen LogP contribution is -2.31. The van der Waals surface area contributed by atoms with Gasteiger partial charge in [0.1, 0.15) is 4.88 Å². The molecule has 0 N–H and O–H groups in total. The first kappa shape index (κ1) is 13.5. The van der Waals surface area contributed by atoms with E-state index < -0.39 is 0 Å². The molecule has 0 aliphatic heterocycles. The predicted molar refractivity (Wildman–Crippen MR) is 66.2 cm³/mol. The van der Waals surface area contributed by atoms with Crippen molar-refractivity contribution in [1.29, 1.82) is 5.26 Å². The highest BCUT2D eigenvalue weighted by molar-refractivity contribution is 7.17. The third-order valence-corrected chi connectivity index (χ3v) is 3.23. The van der Waals surface area contributed by atoms with E-state index in [0.29, 0.717) is 17.8 Å². The van der Waals surface area contributed by atoms with Crippen molar-refractivity contribution in [3.63, 3.8) is 0 Å². The van der Waals surface area contributed by atoms with E-state index in [-0.39, 0.29) is 12.0 Å². The molecule has 0 saturated carbocycles. The van der Waals surface area contributed by atoms with Crippen LogP contribution in [0.5, 0.6) is 0 Å². The predicted octanol–water partition coefficient (Wildman–Crippen LogP) is 2.06. The standard InChI is InChI=1S/C11H15N3O2S/c1-8(2)14(6-4-5-12)11-13-7-9(17-11)10(15)16-3/h7-8H,4,6H2,1-3H3. The first-order valence-electron chi connectivity index (χ1n) is 5.28. The Balaban J connectivity index is 2.84. The fourth-order valence-corrected chi connectivity index (χ4v) is 2.33. The molecule has 0 aromatic carbocycles. The number of hydrogen-bond donors (Lipinski definition) is 0. The molecule has 92 valence electrons. The second kappa shape index (κ2) is 6.21. The van der Waals surface area contributed by atoms with Crippen LogP contribution >= 0.6 is 11.3 Å². The maximum absolute atomic E-state index is 11.3. The number of methoxy groups -OCH3 is 1. The Labute approximate surface area is 105 Å². The summed E-state index contributed by atoms with van der Waals surface area (Å²) in [4.78, 5) is 18.0. The van der Waals surface area contributed by atoms with Crippen LogP contribution in [0.4, 0.5) is 5.13 Å². The van der Waals surface area contributed by atoms with Gasteiger partial charge in [-0.3, -0.25) is 0 Å². The van der Waals surface area contributed by atoms with Crippen LogP contribution in [0.1, 0.15) is 29.9 Å². The summed E-state index contributed by atoms with van der Waals surface area (Å²) in [5, 5.41) is 9.35. The molecule has 1 aromatic rings. The zero-order chi connectivity index (χ0) is 12.8. The fourth-order valence-electron chi connectivity index (χ4n) is 1.34. The summed E-state index contributed by atoms with van der Waals surface area (Å²) in [6.45, 7) is 4.66. The van der Waals surface area contributed by atoms with Crippen LogP contribution in [0.2, 0.25) is 0 Å². The van der Waals surface area contributed by atoms with E-state index in [1.54, 1.807) is 0 Å². The van der Waals surface area contributed by atoms with Gasteiger partial charge in [-0.15, -0.1) is 0 Å². The van der Waals surface area contributed by atoms with Gasteiger partial charge >= 0.3 is 5.97 Å². The Morgan fingerprint density at radius 2 is 2.41 bits per heavy atom. The molecule has 0 fully saturated rings. The molecule has 0 bridgehead atoms. The van der Waals surface area contributed by atoms with Crippen molar-refractivity contribution < 1.29 is 9.53 Å². The molecule has 0 spiro atoms. The van der Waals surface area contributed by atoms with Crippen molar-refractivity contribution in [3.05, 3.63) is 11.1 Å². The van der Waals surface area contributed by atoms with Crippen LogP contribution in [-0.2, 0) is 4.74 Å². The van der Waals surface area contributed by atoms with Crippen molar-refractivity contribution in [2.45, 2.75) is 26.3 Å². The second-order valence-electron chi connectivity index (χ2n) is 3.69. The molecule has 6 heteroatoms. The Bertz CT molecular complexity index is 423. The average Bonchev–Trinajstić information content (AvgIpc) is 2.77. The van der Waals surface area contributed by atoms with E-state index >= 15 is 0 Å². The summed E-state index contributed by atoms with van der Waals surface area (Å²) in [5.74, 6) is -0.377. The third-order valence-electron chi connectivity index (χ3n) is 2.21. The van der Waals surface area contributed by atoms with E-state index in [0.717, 1.165) is 5.13 Å². The minimum atomic E-state index is -0.377. The average molecular weight is 253 g/mol. The zero-order valence-electron chi connectivity index (χ0n) is 10.1. The number of carbonyl (C=O) groups is 1. The number of aromatic nitrogens is 1. The maximum atomic E-state index is 11.3. The topological polar surface area (TPSA) is 66.2 Å². The number of rotatable bonds is 5. The normalized spacial score (nSPS) is 10.1. The number of thiazole rings is 1. The van der Waals surface area contributed by atoms with Gasteiger partial charge in [0.05, 0.1) is 25.8 Å². The van der Waals surface area contributed by atoms with Gasteiger partial charge in [0.2, 0.25) is 0 Å². The molecule has 0 saturated heterocycles. The van der Waals surface area contributed by atoms with Gasteiger partial charge < -0.3 is 9.64 Å². The van der Waals surface area contributed by atoms with Gasteiger partial charge in [-0.25, -0.2) is 9.78 Å². The van der Waals surface area contributed by atoms with Crippen LogP contribution in [0.3, 0.4) is 0 Å². The van der Waals surface area contributed by atoms with Crippen LogP contribution in [0, 0.1) is 11.3 Å². The number of anilines is 1. The van der Waals surface area contributed by atoms with E-state index in [9.17, 15) is 4.79 Å². The smallest absolute Gasteiger partial charge is 0.349 e. The van der Waals surface area contributed by atoms with E-state index in [1.807, 2.05) is 18.7 Å². The lowest BCUT2D eigenvalue weighted by atomic mass is 10.3. The molecule has 1 heterocycles. The van der Waals surface area contributed by atoms with Crippen molar-refractivity contribution in [3.8, 4) is 6.07 Å². The summed E-state index contributed by atoms with van der Waals surface area (Å²) < 4.78 is 4.63. The largest absolute Gasteiger partial charge is 0.465 e. The highest BCUT2D eigenvalue weighted by Crippen LogP contribution is 2.24. The molecular weight excluding hydrogens is 238 g/mol. The van der Waals surface area contributed by atoms with Gasteiger partial charge in [0.25, 0.3) is 0 Å². The SMILES string of the molecule is COC(=O)c1cnc(N(CCC#N)C(C)C)s1. The van der Waals surface area contributed by atoms with E-state index in [2.05, 4.69) is 15.8 Å². The minimum Gasteiger partial charge on any atom is -0.465 e. The van der Waals surface area contributed by atoms with Gasteiger partial charge in [-0.2, -0.15) is 5.26 Å². The molecule has 5 nitrogen and oxygen atoms in total. The summed E-state index contributed by atoms with van der Waals surface area (Å²) in [6.07, 6.45) is 1.94.